The molecule has 2 amide bonds. The van der Waals surface area contributed by atoms with Crippen molar-refractivity contribution in [1.82, 2.24) is 10.2 Å². The summed E-state index contributed by atoms with van der Waals surface area (Å²) in [5.41, 5.74) is 1.64. The van der Waals surface area contributed by atoms with E-state index in [-0.39, 0.29) is 17.7 Å². The first-order valence-corrected chi connectivity index (χ1v) is 8.88. The van der Waals surface area contributed by atoms with Gasteiger partial charge in [-0.3, -0.25) is 9.59 Å². The maximum absolute atomic E-state index is 12.6. The van der Waals surface area contributed by atoms with Crippen LogP contribution >= 0.6 is 11.6 Å². The van der Waals surface area contributed by atoms with E-state index in [0.717, 1.165) is 18.4 Å². The quantitative estimate of drug-likeness (QED) is 0.911. The van der Waals surface area contributed by atoms with Gasteiger partial charge in [-0.1, -0.05) is 48.0 Å². The van der Waals surface area contributed by atoms with E-state index in [1.54, 1.807) is 29.2 Å². The van der Waals surface area contributed by atoms with Crippen LogP contribution in [0.1, 0.15) is 28.8 Å². The Bertz CT molecular complexity index is 748. The topological polar surface area (TPSA) is 49.4 Å². The van der Waals surface area contributed by atoms with Crippen LogP contribution in [0.25, 0.3) is 0 Å². The van der Waals surface area contributed by atoms with E-state index >= 15 is 0 Å². The molecule has 3 rings (SSSR count). The third kappa shape index (κ3) is 4.60. The highest BCUT2D eigenvalue weighted by Gasteiger charge is 2.28. The molecule has 1 unspecified atom stereocenters. The normalized spacial score (nSPS) is 17.2. The Balaban J connectivity index is 1.58. The molecular weight excluding hydrogens is 336 g/mol. The molecule has 0 aliphatic carbocycles. The number of hydrogen-bond acceptors (Lipinski definition) is 2. The maximum Gasteiger partial charge on any atom is 0.253 e. The van der Waals surface area contributed by atoms with Crippen molar-refractivity contribution in [2.45, 2.75) is 19.4 Å². The van der Waals surface area contributed by atoms with Crippen molar-refractivity contribution in [3.8, 4) is 0 Å². The molecular formula is C20H21ClN2O2. The van der Waals surface area contributed by atoms with Gasteiger partial charge in [0.25, 0.3) is 5.91 Å². The number of piperidine rings is 1. The molecule has 1 atom stereocenters. The Morgan fingerprint density at radius 1 is 1.12 bits per heavy atom. The average Bonchev–Trinajstić information content (AvgIpc) is 2.66. The van der Waals surface area contributed by atoms with Crippen LogP contribution < -0.4 is 5.32 Å². The lowest BCUT2D eigenvalue weighted by molar-refractivity contribution is -0.126. The molecule has 1 N–H and O–H groups in total. The van der Waals surface area contributed by atoms with E-state index in [1.807, 2.05) is 30.3 Å². The van der Waals surface area contributed by atoms with E-state index in [2.05, 4.69) is 5.32 Å². The van der Waals surface area contributed by atoms with Crippen molar-refractivity contribution in [2.24, 2.45) is 5.92 Å². The van der Waals surface area contributed by atoms with Crippen LogP contribution in [0.5, 0.6) is 0 Å². The molecule has 0 radical (unpaired) electrons. The summed E-state index contributed by atoms with van der Waals surface area (Å²) < 4.78 is 0. The van der Waals surface area contributed by atoms with Gasteiger partial charge >= 0.3 is 0 Å². The standard InChI is InChI=1S/C20H21ClN2O2/c21-18-10-4-8-16(12-18)20(25)23-11-5-9-17(14-23)19(24)22-13-15-6-2-1-3-7-15/h1-4,6-8,10,12,17H,5,9,11,13-14H2,(H,22,24). The van der Waals surface area contributed by atoms with Crippen molar-refractivity contribution >= 4 is 23.4 Å². The summed E-state index contributed by atoms with van der Waals surface area (Å²) in [6.07, 6.45) is 1.63. The Kier molecular flexibility index (Phi) is 5.71. The zero-order valence-electron chi connectivity index (χ0n) is 14.0. The number of nitrogens with one attached hydrogen (secondary N) is 1. The van der Waals surface area contributed by atoms with Gasteiger partial charge < -0.3 is 10.2 Å². The second-order valence-corrected chi connectivity index (χ2v) is 6.74. The van der Waals surface area contributed by atoms with Gasteiger partial charge in [0, 0.05) is 30.2 Å². The Morgan fingerprint density at radius 3 is 2.68 bits per heavy atom. The van der Waals surface area contributed by atoms with Crippen LogP contribution in [-0.4, -0.2) is 29.8 Å². The lowest BCUT2D eigenvalue weighted by Crippen LogP contribution is -2.45. The van der Waals surface area contributed by atoms with Crippen LogP contribution in [-0.2, 0) is 11.3 Å². The third-order valence-corrected chi connectivity index (χ3v) is 4.70. The van der Waals surface area contributed by atoms with Crippen LogP contribution in [0, 0.1) is 5.92 Å². The number of hydrogen-bond donors (Lipinski definition) is 1. The Labute approximate surface area is 152 Å². The number of nitrogens with zero attached hydrogens (tertiary/aromatic N) is 1. The number of halogens is 1. The van der Waals surface area contributed by atoms with Crippen molar-refractivity contribution < 1.29 is 9.59 Å². The summed E-state index contributed by atoms with van der Waals surface area (Å²) in [6, 6.07) is 16.8. The Hall–Kier alpha value is -2.33. The minimum Gasteiger partial charge on any atom is -0.352 e. The summed E-state index contributed by atoms with van der Waals surface area (Å²) in [7, 11) is 0. The lowest BCUT2D eigenvalue weighted by Gasteiger charge is -2.32. The predicted molar refractivity (Wildman–Crippen MR) is 98.4 cm³/mol. The minimum absolute atomic E-state index is 0.00690. The molecule has 0 saturated carbocycles. The van der Waals surface area contributed by atoms with E-state index in [9.17, 15) is 9.59 Å². The molecule has 1 saturated heterocycles. The Morgan fingerprint density at radius 2 is 1.92 bits per heavy atom. The predicted octanol–water partition coefficient (Wildman–Crippen LogP) is 3.51. The first-order valence-electron chi connectivity index (χ1n) is 8.50. The van der Waals surface area contributed by atoms with Crippen LogP contribution in [0.3, 0.4) is 0 Å². The first-order chi connectivity index (χ1) is 12.1. The fourth-order valence-corrected chi connectivity index (χ4v) is 3.30. The van der Waals surface area contributed by atoms with Gasteiger partial charge in [0.15, 0.2) is 0 Å². The fraction of sp³-hybridized carbons (Fsp3) is 0.300. The molecule has 5 heteroatoms. The summed E-state index contributed by atoms with van der Waals surface area (Å²) in [5.74, 6) is -0.226. The van der Waals surface area contributed by atoms with E-state index in [4.69, 9.17) is 11.6 Å². The SMILES string of the molecule is O=C(NCc1ccccc1)C1CCCN(C(=O)c2cccc(Cl)c2)C1. The van der Waals surface area contributed by atoms with E-state index in [0.29, 0.717) is 30.2 Å². The number of carbonyl (C=O) groups is 2. The molecule has 0 aromatic heterocycles. The molecule has 4 nitrogen and oxygen atoms in total. The second kappa shape index (κ2) is 8.17. The number of rotatable bonds is 4. The minimum atomic E-state index is -0.166. The number of likely N-dealkylation sites (tertiary alicyclic amines) is 1. The zero-order valence-corrected chi connectivity index (χ0v) is 14.7. The van der Waals surface area contributed by atoms with Gasteiger partial charge in [-0.2, -0.15) is 0 Å². The highest BCUT2D eigenvalue weighted by molar-refractivity contribution is 6.30. The van der Waals surface area contributed by atoms with Crippen LogP contribution in [0.2, 0.25) is 5.02 Å². The fourth-order valence-electron chi connectivity index (χ4n) is 3.11. The van der Waals surface area contributed by atoms with Crippen molar-refractivity contribution in [2.75, 3.05) is 13.1 Å². The van der Waals surface area contributed by atoms with Gasteiger partial charge in [0.05, 0.1) is 5.92 Å². The first kappa shape index (κ1) is 17.5. The van der Waals surface area contributed by atoms with Gasteiger partial charge in [-0.25, -0.2) is 0 Å². The summed E-state index contributed by atoms with van der Waals surface area (Å²) in [5, 5.41) is 3.52. The third-order valence-electron chi connectivity index (χ3n) is 4.46. The molecule has 1 aliphatic heterocycles. The maximum atomic E-state index is 12.6. The lowest BCUT2D eigenvalue weighted by atomic mass is 9.96. The van der Waals surface area contributed by atoms with Crippen molar-refractivity contribution in [1.29, 1.82) is 0 Å². The van der Waals surface area contributed by atoms with Crippen molar-refractivity contribution in [3.05, 3.63) is 70.7 Å². The van der Waals surface area contributed by atoms with Crippen molar-refractivity contribution in [3.63, 3.8) is 0 Å². The summed E-state index contributed by atoms with van der Waals surface area (Å²) in [6.45, 7) is 1.64. The molecule has 130 valence electrons. The molecule has 2 aromatic carbocycles. The average molecular weight is 357 g/mol. The summed E-state index contributed by atoms with van der Waals surface area (Å²) in [4.78, 5) is 26.8. The van der Waals surface area contributed by atoms with Crippen LogP contribution in [0.4, 0.5) is 0 Å². The second-order valence-electron chi connectivity index (χ2n) is 6.30. The highest BCUT2D eigenvalue weighted by Crippen LogP contribution is 2.20. The highest BCUT2D eigenvalue weighted by atomic mass is 35.5. The van der Waals surface area contributed by atoms with E-state index < -0.39 is 0 Å². The zero-order chi connectivity index (χ0) is 17.6. The molecule has 2 aromatic rings. The number of benzene rings is 2. The van der Waals surface area contributed by atoms with Crippen LogP contribution in [0.15, 0.2) is 54.6 Å². The number of carbonyl (C=O) groups excluding carboxylic acids is 2. The van der Waals surface area contributed by atoms with Gasteiger partial charge in [0.2, 0.25) is 5.91 Å². The molecule has 25 heavy (non-hydrogen) atoms. The molecule has 1 heterocycles. The molecule has 0 spiro atoms. The van der Waals surface area contributed by atoms with Gasteiger partial charge in [-0.05, 0) is 36.6 Å². The molecule has 0 bridgehead atoms. The monoisotopic (exact) mass is 356 g/mol. The largest absolute Gasteiger partial charge is 0.352 e. The van der Waals surface area contributed by atoms with E-state index in [1.165, 1.54) is 0 Å². The smallest absolute Gasteiger partial charge is 0.253 e. The molecule has 1 aliphatic rings. The number of amides is 2. The van der Waals surface area contributed by atoms with Gasteiger partial charge in [0.1, 0.15) is 0 Å². The van der Waals surface area contributed by atoms with Gasteiger partial charge in [-0.15, -0.1) is 0 Å². The summed E-state index contributed by atoms with van der Waals surface area (Å²) >= 11 is 5.97. The molecule has 1 fully saturated rings.